The number of anilines is 1. The molecule has 8 heteroatoms. The first-order chi connectivity index (χ1) is 18.4. The summed E-state index contributed by atoms with van der Waals surface area (Å²) in [7, 11) is 0. The summed E-state index contributed by atoms with van der Waals surface area (Å²) in [5.74, 6) is 0.0275. The van der Waals surface area contributed by atoms with E-state index in [2.05, 4.69) is 57.1 Å². The van der Waals surface area contributed by atoms with Crippen LogP contribution in [0.2, 0.25) is 0 Å². The second-order valence-electron chi connectivity index (χ2n) is 11.5. The highest BCUT2D eigenvalue weighted by molar-refractivity contribution is 6.03. The predicted octanol–water partition coefficient (Wildman–Crippen LogP) is 5.92. The maximum Gasteiger partial charge on any atom is 0.314 e. The quantitative estimate of drug-likeness (QED) is 0.425. The Kier molecular flexibility index (Phi) is 7.98. The number of likely N-dealkylation sites (tertiary alicyclic amines) is 1. The van der Waals surface area contributed by atoms with Gasteiger partial charge in [-0.05, 0) is 73.9 Å². The molecule has 0 bridgehead atoms. The van der Waals surface area contributed by atoms with Crippen LogP contribution in [0.15, 0.2) is 30.5 Å². The fraction of sp³-hybridized carbons (Fsp3) is 0.567. The molecule has 8 nitrogen and oxygen atoms in total. The monoisotopic (exact) mass is 517 g/mol. The van der Waals surface area contributed by atoms with Crippen LogP contribution in [0.1, 0.15) is 80.5 Å². The standard InChI is InChI=1S/C30H39N5O3/c1-29(2)10-8-22(9-11-29)24-20-23(6-7-25(24)33-28(36)27-32-21-26(31-3)34-27)30(12-17-37-18-13-30)38-19-16-35-14-4-5-15-35/h6-8,20-21H,4-5,9-19H2,1-2H3,(H,32,34)(H,33,36). The van der Waals surface area contributed by atoms with Crippen LogP contribution in [-0.4, -0.2) is 60.2 Å². The first kappa shape index (κ1) is 26.6. The Hall–Kier alpha value is -2.99. The molecular weight excluding hydrogens is 478 g/mol. The maximum atomic E-state index is 13.0. The number of hydrogen-bond acceptors (Lipinski definition) is 5. The van der Waals surface area contributed by atoms with Crippen molar-refractivity contribution in [1.82, 2.24) is 14.9 Å². The number of rotatable bonds is 8. The molecule has 1 amide bonds. The van der Waals surface area contributed by atoms with Gasteiger partial charge in [0.1, 0.15) is 0 Å². The lowest BCUT2D eigenvalue weighted by Gasteiger charge is -2.39. The van der Waals surface area contributed by atoms with Gasteiger partial charge in [-0.15, -0.1) is 0 Å². The van der Waals surface area contributed by atoms with Crippen molar-refractivity contribution < 1.29 is 14.3 Å². The second-order valence-corrected chi connectivity index (χ2v) is 11.5. The summed E-state index contributed by atoms with van der Waals surface area (Å²) in [6, 6.07) is 6.33. The highest BCUT2D eigenvalue weighted by Gasteiger charge is 2.37. The number of carbonyl (C=O) groups is 1. The molecule has 2 aromatic rings. The minimum Gasteiger partial charge on any atom is -0.381 e. The topological polar surface area (TPSA) is 83.8 Å². The zero-order chi connectivity index (χ0) is 26.6. The van der Waals surface area contributed by atoms with E-state index in [1.54, 1.807) is 0 Å². The molecule has 38 heavy (non-hydrogen) atoms. The third kappa shape index (κ3) is 6.01. The van der Waals surface area contributed by atoms with E-state index in [4.69, 9.17) is 16.0 Å². The summed E-state index contributed by atoms with van der Waals surface area (Å²) in [5.41, 5.74) is 4.07. The summed E-state index contributed by atoms with van der Waals surface area (Å²) in [6.45, 7) is 17.1. The van der Waals surface area contributed by atoms with Crippen molar-refractivity contribution >= 4 is 23.0 Å². The van der Waals surface area contributed by atoms with Gasteiger partial charge >= 0.3 is 5.91 Å². The van der Waals surface area contributed by atoms with Gasteiger partial charge in [0.15, 0.2) is 0 Å². The zero-order valence-electron chi connectivity index (χ0n) is 22.6. The molecule has 3 aliphatic rings. The van der Waals surface area contributed by atoms with E-state index in [1.807, 2.05) is 6.07 Å². The molecular formula is C30H39N5O3. The number of ether oxygens (including phenoxy) is 2. The third-order valence-electron chi connectivity index (χ3n) is 8.29. The molecule has 1 aromatic heterocycles. The minimum absolute atomic E-state index is 0.135. The summed E-state index contributed by atoms with van der Waals surface area (Å²) in [4.78, 5) is 25.7. The van der Waals surface area contributed by atoms with Crippen LogP contribution in [0, 0.1) is 12.0 Å². The van der Waals surface area contributed by atoms with E-state index in [-0.39, 0.29) is 23.0 Å². The van der Waals surface area contributed by atoms with Gasteiger partial charge in [0.05, 0.1) is 18.4 Å². The molecule has 2 fully saturated rings. The van der Waals surface area contributed by atoms with Gasteiger partial charge in [0, 0.05) is 43.9 Å². The summed E-state index contributed by atoms with van der Waals surface area (Å²) in [6.07, 6.45) is 10.9. The van der Waals surface area contributed by atoms with Crippen LogP contribution < -0.4 is 5.32 Å². The molecule has 2 aliphatic heterocycles. The Morgan fingerprint density at radius 2 is 2.03 bits per heavy atom. The number of nitrogens with one attached hydrogen (secondary N) is 2. The first-order valence-electron chi connectivity index (χ1n) is 13.9. The lowest BCUT2D eigenvalue weighted by Crippen LogP contribution is -2.39. The van der Waals surface area contributed by atoms with Gasteiger partial charge in [0.25, 0.3) is 5.82 Å². The Bertz CT molecular complexity index is 1210. The van der Waals surface area contributed by atoms with E-state index < -0.39 is 5.60 Å². The van der Waals surface area contributed by atoms with Gasteiger partial charge in [-0.1, -0.05) is 32.6 Å². The van der Waals surface area contributed by atoms with Crippen molar-refractivity contribution in [2.45, 2.75) is 64.4 Å². The van der Waals surface area contributed by atoms with Crippen LogP contribution in [0.4, 0.5) is 11.5 Å². The highest BCUT2D eigenvalue weighted by Crippen LogP contribution is 2.43. The molecule has 0 unspecified atom stereocenters. The number of amides is 1. The molecule has 0 radical (unpaired) electrons. The smallest absolute Gasteiger partial charge is 0.314 e. The third-order valence-corrected chi connectivity index (χ3v) is 8.29. The highest BCUT2D eigenvalue weighted by atomic mass is 16.5. The molecule has 5 rings (SSSR count). The van der Waals surface area contributed by atoms with Gasteiger partial charge in [-0.3, -0.25) is 9.78 Å². The molecule has 0 saturated carbocycles. The molecule has 1 aromatic carbocycles. The van der Waals surface area contributed by atoms with Gasteiger partial charge < -0.3 is 24.5 Å². The SMILES string of the molecule is [C-]#[N+]c1cnc(C(=O)Nc2ccc(C3(OCCN4CCCC4)CCOCC3)cc2C2=CCC(C)(C)CC2)[nH]1. The van der Waals surface area contributed by atoms with Crippen LogP contribution in [-0.2, 0) is 15.1 Å². The molecule has 2 N–H and O–H groups in total. The minimum atomic E-state index is -0.394. The van der Waals surface area contributed by atoms with Crippen LogP contribution >= 0.6 is 0 Å². The molecule has 0 spiro atoms. The van der Waals surface area contributed by atoms with Crippen molar-refractivity contribution in [1.29, 1.82) is 0 Å². The van der Waals surface area contributed by atoms with Crippen molar-refractivity contribution in [3.63, 3.8) is 0 Å². The number of imidazole rings is 1. The summed E-state index contributed by atoms with van der Waals surface area (Å²) >= 11 is 0. The Morgan fingerprint density at radius 3 is 2.71 bits per heavy atom. The van der Waals surface area contributed by atoms with Crippen LogP contribution in [0.3, 0.4) is 0 Å². The van der Waals surface area contributed by atoms with Crippen molar-refractivity contribution in [2.75, 3.05) is 44.8 Å². The average Bonchev–Trinajstić information content (AvgIpc) is 3.62. The van der Waals surface area contributed by atoms with Crippen LogP contribution in [0.5, 0.6) is 0 Å². The van der Waals surface area contributed by atoms with E-state index in [1.165, 1.54) is 24.6 Å². The Balaban J connectivity index is 1.45. The number of H-pyrrole nitrogens is 1. The lowest BCUT2D eigenvalue weighted by molar-refractivity contribution is -0.119. The van der Waals surface area contributed by atoms with Crippen molar-refractivity contribution in [3.8, 4) is 0 Å². The molecule has 2 saturated heterocycles. The number of hydrogen-bond donors (Lipinski definition) is 2. The van der Waals surface area contributed by atoms with Gasteiger partial charge in [-0.2, -0.15) is 0 Å². The molecule has 1 aliphatic carbocycles. The Labute approximate surface area is 225 Å². The lowest BCUT2D eigenvalue weighted by atomic mass is 9.76. The number of carbonyl (C=O) groups excluding carboxylic acids is 1. The fourth-order valence-corrected chi connectivity index (χ4v) is 5.78. The number of aromatic amines is 1. The fourth-order valence-electron chi connectivity index (χ4n) is 5.78. The van der Waals surface area contributed by atoms with E-state index >= 15 is 0 Å². The molecule has 3 heterocycles. The normalized spacial score (nSPS) is 21.0. The number of aromatic nitrogens is 2. The number of nitrogens with zero attached hydrogens (tertiary/aromatic N) is 3. The zero-order valence-corrected chi connectivity index (χ0v) is 22.6. The summed E-state index contributed by atoms with van der Waals surface area (Å²) < 4.78 is 12.5. The van der Waals surface area contributed by atoms with Crippen molar-refractivity contribution in [2.24, 2.45) is 5.41 Å². The summed E-state index contributed by atoms with van der Waals surface area (Å²) in [5, 5.41) is 3.06. The van der Waals surface area contributed by atoms with E-state index in [0.717, 1.165) is 68.6 Å². The first-order valence-corrected chi connectivity index (χ1v) is 13.9. The number of benzene rings is 1. The van der Waals surface area contributed by atoms with Gasteiger partial charge in [-0.25, -0.2) is 4.98 Å². The predicted molar refractivity (Wildman–Crippen MR) is 148 cm³/mol. The maximum absolute atomic E-state index is 13.0. The van der Waals surface area contributed by atoms with Crippen LogP contribution in [0.25, 0.3) is 10.4 Å². The van der Waals surface area contributed by atoms with E-state index in [9.17, 15) is 4.79 Å². The molecule has 0 atom stereocenters. The average molecular weight is 518 g/mol. The number of allylic oxidation sites excluding steroid dienone is 2. The molecule has 202 valence electrons. The van der Waals surface area contributed by atoms with Gasteiger partial charge in [0.2, 0.25) is 5.82 Å². The van der Waals surface area contributed by atoms with E-state index in [0.29, 0.717) is 19.8 Å². The Morgan fingerprint density at radius 1 is 1.24 bits per heavy atom. The second kappa shape index (κ2) is 11.4. The largest absolute Gasteiger partial charge is 0.381 e. The van der Waals surface area contributed by atoms with Crippen molar-refractivity contribution in [3.05, 3.63) is 58.8 Å².